The first kappa shape index (κ1) is 21.0. The Morgan fingerprint density at radius 3 is 2.24 bits per heavy atom. The second kappa shape index (κ2) is 8.72. The lowest BCUT2D eigenvalue weighted by Gasteiger charge is -2.35. The predicted molar refractivity (Wildman–Crippen MR) is 99.7 cm³/mol. The lowest BCUT2D eigenvalue weighted by atomic mass is 10.2. The summed E-state index contributed by atoms with van der Waals surface area (Å²) in [5.74, 6) is -0.863. The van der Waals surface area contributed by atoms with Crippen LogP contribution >= 0.6 is 0 Å². The van der Waals surface area contributed by atoms with Crippen LogP contribution in [0.1, 0.15) is 10.4 Å². The van der Waals surface area contributed by atoms with Crippen LogP contribution in [0, 0.1) is 0 Å². The van der Waals surface area contributed by atoms with Crippen molar-refractivity contribution in [3.05, 3.63) is 54.1 Å². The van der Waals surface area contributed by atoms with Gasteiger partial charge >= 0.3 is 6.61 Å². The molecular formula is C18H19F2N3O5S. The highest BCUT2D eigenvalue weighted by atomic mass is 32.2. The highest BCUT2D eigenvalue weighted by molar-refractivity contribution is 7.89. The number of carbonyl (C=O) groups excluding carboxylic acids is 1. The van der Waals surface area contributed by atoms with Crippen molar-refractivity contribution in [1.82, 2.24) is 9.79 Å². The lowest BCUT2D eigenvalue weighted by molar-refractivity contribution is -0.0498. The number of hydrogen-bond donors (Lipinski definition) is 2. The molecule has 0 aliphatic carbocycles. The van der Waals surface area contributed by atoms with Crippen LogP contribution in [0.15, 0.2) is 53.4 Å². The maximum Gasteiger partial charge on any atom is 0.387 e. The molecule has 0 radical (unpaired) electrons. The number of ether oxygens (including phenoxy) is 1. The molecule has 2 aromatic carbocycles. The second-order valence-electron chi connectivity index (χ2n) is 6.20. The molecule has 1 aliphatic heterocycles. The SMILES string of the molecule is O=C(NO)c1ccccc1S(=O)(=O)N1CCN(c2ccc(OC(F)F)cc2)CC1. The number of carbonyl (C=O) groups is 1. The molecule has 0 bridgehead atoms. The number of benzene rings is 2. The van der Waals surface area contributed by atoms with E-state index in [4.69, 9.17) is 5.21 Å². The zero-order valence-electron chi connectivity index (χ0n) is 15.2. The zero-order valence-corrected chi connectivity index (χ0v) is 16.0. The van der Waals surface area contributed by atoms with E-state index in [0.29, 0.717) is 13.1 Å². The van der Waals surface area contributed by atoms with Crippen molar-refractivity contribution >= 4 is 21.6 Å². The number of rotatable bonds is 6. The fourth-order valence-electron chi connectivity index (χ4n) is 3.10. The molecule has 0 aromatic heterocycles. The van der Waals surface area contributed by atoms with Gasteiger partial charge in [0.2, 0.25) is 10.0 Å². The number of hydroxylamine groups is 1. The van der Waals surface area contributed by atoms with Gasteiger partial charge in [-0.25, -0.2) is 13.9 Å². The highest BCUT2D eigenvalue weighted by Crippen LogP contribution is 2.25. The van der Waals surface area contributed by atoms with Crippen LogP contribution in [-0.2, 0) is 10.0 Å². The van der Waals surface area contributed by atoms with Crippen molar-refractivity contribution < 1.29 is 31.9 Å². The minimum atomic E-state index is -3.94. The third-order valence-corrected chi connectivity index (χ3v) is 6.47. The Kier molecular flexibility index (Phi) is 6.30. The van der Waals surface area contributed by atoms with Crippen molar-refractivity contribution in [3.8, 4) is 5.75 Å². The molecule has 8 nitrogen and oxygen atoms in total. The largest absolute Gasteiger partial charge is 0.435 e. The van der Waals surface area contributed by atoms with E-state index in [0.717, 1.165) is 5.69 Å². The van der Waals surface area contributed by atoms with Gasteiger partial charge in [-0.05, 0) is 36.4 Å². The summed E-state index contributed by atoms with van der Waals surface area (Å²) >= 11 is 0. The number of amides is 1. The van der Waals surface area contributed by atoms with E-state index in [1.165, 1.54) is 46.2 Å². The number of hydrogen-bond acceptors (Lipinski definition) is 6. The molecule has 29 heavy (non-hydrogen) atoms. The number of alkyl halides is 2. The fraction of sp³-hybridized carbons (Fsp3) is 0.278. The van der Waals surface area contributed by atoms with Gasteiger partial charge in [0.15, 0.2) is 0 Å². The van der Waals surface area contributed by atoms with Gasteiger partial charge in [0.25, 0.3) is 5.91 Å². The number of sulfonamides is 1. The minimum absolute atomic E-state index is 0.0451. The number of piperazine rings is 1. The van der Waals surface area contributed by atoms with Gasteiger partial charge in [0, 0.05) is 31.9 Å². The summed E-state index contributed by atoms with van der Waals surface area (Å²) < 4.78 is 56.0. The predicted octanol–water partition coefficient (Wildman–Crippen LogP) is 1.92. The summed E-state index contributed by atoms with van der Waals surface area (Å²) in [4.78, 5) is 13.5. The summed E-state index contributed by atoms with van der Waals surface area (Å²) in [6.45, 7) is -1.80. The van der Waals surface area contributed by atoms with Crippen LogP contribution in [0.3, 0.4) is 0 Å². The van der Waals surface area contributed by atoms with E-state index in [1.54, 1.807) is 12.1 Å². The first-order valence-corrected chi connectivity index (χ1v) is 10.1. The molecule has 0 atom stereocenters. The molecule has 1 aliphatic rings. The lowest BCUT2D eigenvalue weighted by Crippen LogP contribution is -2.49. The summed E-state index contributed by atoms with van der Waals surface area (Å²) in [6, 6.07) is 11.7. The molecule has 0 unspecified atom stereocenters. The van der Waals surface area contributed by atoms with Crippen molar-refractivity contribution in [2.24, 2.45) is 0 Å². The van der Waals surface area contributed by atoms with E-state index < -0.39 is 22.5 Å². The first-order chi connectivity index (χ1) is 13.8. The number of nitrogens with one attached hydrogen (secondary N) is 1. The van der Waals surface area contributed by atoms with E-state index in [2.05, 4.69) is 4.74 Å². The van der Waals surface area contributed by atoms with Crippen LogP contribution in [0.2, 0.25) is 0 Å². The molecule has 0 spiro atoms. The number of halogens is 2. The van der Waals surface area contributed by atoms with Crippen LogP contribution in [-0.4, -0.2) is 56.6 Å². The Morgan fingerprint density at radius 1 is 1.03 bits per heavy atom. The average Bonchev–Trinajstić information content (AvgIpc) is 2.73. The molecular weight excluding hydrogens is 408 g/mol. The van der Waals surface area contributed by atoms with E-state index in [1.807, 2.05) is 4.90 Å². The maximum absolute atomic E-state index is 13.0. The third kappa shape index (κ3) is 4.63. The molecule has 1 saturated heterocycles. The van der Waals surface area contributed by atoms with Gasteiger partial charge in [0.05, 0.1) is 10.5 Å². The van der Waals surface area contributed by atoms with Gasteiger partial charge in [-0.3, -0.25) is 10.0 Å². The normalized spacial score (nSPS) is 15.4. The second-order valence-corrected chi connectivity index (χ2v) is 8.11. The Hall–Kier alpha value is -2.76. The average molecular weight is 427 g/mol. The van der Waals surface area contributed by atoms with Crippen LogP contribution in [0.4, 0.5) is 14.5 Å². The van der Waals surface area contributed by atoms with E-state index in [9.17, 15) is 22.0 Å². The highest BCUT2D eigenvalue weighted by Gasteiger charge is 2.31. The monoisotopic (exact) mass is 427 g/mol. The van der Waals surface area contributed by atoms with Crippen LogP contribution in [0.5, 0.6) is 5.75 Å². The van der Waals surface area contributed by atoms with Gasteiger partial charge in [-0.15, -0.1) is 0 Å². The van der Waals surface area contributed by atoms with E-state index in [-0.39, 0.29) is 29.3 Å². The van der Waals surface area contributed by atoms with Crippen molar-refractivity contribution in [1.29, 1.82) is 0 Å². The molecule has 3 rings (SSSR count). The van der Waals surface area contributed by atoms with E-state index >= 15 is 0 Å². The smallest absolute Gasteiger partial charge is 0.387 e. The summed E-state index contributed by atoms with van der Waals surface area (Å²) in [5.41, 5.74) is 2.06. The Morgan fingerprint density at radius 2 is 1.66 bits per heavy atom. The maximum atomic E-state index is 13.0. The van der Waals surface area contributed by atoms with Crippen LogP contribution < -0.4 is 15.1 Å². The Labute approximate surface area is 166 Å². The standard InChI is InChI=1S/C18H19F2N3O5S/c19-18(20)28-14-7-5-13(6-8-14)22-9-11-23(12-10-22)29(26,27)16-4-2-1-3-15(16)17(24)21-25/h1-8,18,25H,9-12H2,(H,21,24). The molecule has 2 N–H and O–H groups in total. The molecule has 1 heterocycles. The summed E-state index contributed by atoms with van der Waals surface area (Å²) in [7, 11) is -3.94. The molecule has 1 amide bonds. The van der Waals surface area contributed by atoms with Gasteiger partial charge < -0.3 is 9.64 Å². The molecule has 2 aromatic rings. The third-order valence-electron chi connectivity index (χ3n) is 4.52. The Bertz CT molecular complexity index is 962. The van der Waals surface area contributed by atoms with Crippen molar-refractivity contribution in [2.45, 2.75) is 11.5 Å². The molecule has 0 saturated carbocycles. The van der Waals surface area contributed by atoms with Crippen LogP contribution in [0.25, 0.3) is 0 Å². The zero-order chi connectivity index (χ0) is 21.0. The Balaban J connectivity index is 1.71. The molecule has 1 fully saturated rings. The van der Waals surface area contributed by atoms with Crippen molar-refractivity contribution in [3.63, 3.8) is 0 Å². The van der Waals surface area contributed by atoms with Gasteiger partial charge in [-0.1, -0.05) is 12.1 Å². The summed E-state index contributed by atoms with van der Waals surface area (Å²) in [5, 5.41) is 8.85. The minimum Gasteiger partial charge on any atom is -0.435 e. The van der Waals surface area contributed by atoms with Crippen molar-refractivity contribution in [2.75, 3.05) is 31.1 Å². The van der Waals surface area contributed by atoms with Gasteiger partial charge in [0.1, 0.15) is 5.75 Å². The number of anilines is 1. The first-order valence-electron chi connectivity index (χ1n) is 8.66. The molecule has 11 heteroatoms. The quantitative estimate of drug-likeness (QED) is 0.540. The number of nitrogens with zero attached hydrogens (tertiary/aromatic N) is 2. The van der Waals surface area contributed by atoms with Gasteiger partial charge in [-0.2, -0.15) is 13.1 Å². The fourth-order valence-corrected chi connectivity index (χ4v) is 4.71. The summed E-state index contributed by atoms with van der Waals surface area (Å²) in [6.07, 6.45) is 0. The topological polar surface area (TPSA) is 99.2 Å². The molecule has 156 valence electrons.